The van der Waals surface area contributed by atoms with E-state index in [0.717, 1.165) is 5.56 Å². The van der Waals surface area contributed by atoms with Gasteiger partial charge in [0, 0.05) is 44.3 Å². The Hall–Kier alpha value is -1.91. The summed E-state index contributed by atoms with van der Waals surface area (Å²) in [5.41, 5.74) is 0.872. The zero-order valence-corrected chi connectivity index (χ0v) is 17.5. The molecule has 0 spiro atoms. The zero-order chi connectivity index (χ0) is 23.1. The van der Waals surface area contributed by atoms with Gasteiger partial charge in [-0.2, -0.15) is 0 Å². The van der Waals surface area contributed by atoms with Crippen LogP contribution in [0.5, 0.6) is 0 Å². The van der Waals surface area contributed by atoms with Gasteiger partial charge in [0.2, 0.25) is 0 Å². The fourth-order valence-electron chi connectivity index (χ4n) is 5.34. The predicted octanol–water partition coefficient (Wildman–Crippen LogP) is 2.49. The first-order valence-corrected chi connectivity index (χ1v) is 10.9. The van der Waals surface area contributed by atoms with Crippen molar-refractivity contribution in [2.45, 2.75) is 43.5 Å². The molecule has 0 unspecified atom stereocenters. The summed E-state index contributed by atoms with van der Waals surface area (Å²) in [6, 6.07) is 9.25. The molecule has 178 valence electrons. The summed E-state index contributed by atoms with van der Waals surface area (Å²) in [6.07, 6.45) is -4.09. The molecule has 4 fully saturated rings. The quantitative estimate of drug-likeness (QED) is 0.591. The molecule has 2 aliphatic heterocycles. The highest BCUT2D eigenvalue weighted by Gasteiger charge is 2.58. The van der Waals surface area contributed by atoms with E-state index in [2.05, 4.69) is 5.32 Å². The number of hydrogen-bond acceptors (Lipinski definition) is 5. The molecular formula is C22H28F4N2O4. The van der Waals surface area contributed by atoms with Crippen molar-refractivity contribution in [1.29, 1.82) is 0 Å². The number of rotatable bonds is 2. The fraction of sp³-hybridized carbons (Fsp3) is 0.682. The van der Waals surface area contributed by atoms with Gasteiger partial charge in [-0.1, -0.05) is 30.3 Å². The van der Waals surface area contributed by atoms with Crippen LogP contribution in [0.15, 0.2) is 30.3 Å². The molecule has 2 saturated heterocycles. The van der Waals surface area contributed by atoms with E-state index in [0.29, 0.717) is 13.1 Å². The predicted molar refractivity (Wildman–Crippen MR) is 106 cm³/mol. The van der Waals surface area contributed by atoms with E-state index >= 15 is 0 Å². The molecule has 10 heteroatoms. The highest BCUT2D eigenvalue weighted by molar-refractivity contribution is 5.68. The van der Waals surface area contributed by atoms with Crippen molar-refractivity contribution in [2.24, 2.45) is 23.7 Å². The Morgan fingerprint density at radius 2 is 1.59 bits per heavy atom. The second kappa shape index (κ2) is 8.79. The Kier molecular flexibility index (Phi) is 6.39. The molecule has 6 nitrogen and oxygen atoms in total. The minimum Gasteiger partial charge on any atom is -0.445 e. The second-order valence-electron chi connectivity index (χ2n) is 9.27. The Bertz CT molecular complexity index is 812. The van der Waals surface area contributed by atoms with Crippen molar-refractivity contribution >= 4 is 6.09 Å². The lowest BCUT2D eigenvalue weighted by atomic mass is 9.99. The summed E-state index contributed by atoms with van der Waals surface area (Å²) in [4.78, 5) is 13.4. The molecule has 0 aromatic heterocycles. The van der Waals surface area contributed by atoms with E-state index in [4.69, 9.17) is 9.84 Å². The highest BCUT2D eigenvalue weighted by Crippen LogP contribution is 2.47. The minimum absolute atomic E-state index is 0.0139. The number of nitrogens with zero attached hydrogens (tertiary/aromatic N) is 1. The van der Waals surface area contributed by atoms with Crippen molar-refractivity contribution in [3.63, 3.8) is 0 Å². The van der Waals surface area contributed by atoms with Crippen LogP contribution >= 0.6 is 0 Å². The molecule has 3 N–H and O–H groups in total. The molecule has 1 aromatic carbocycles. The monoisotopic (exact) mass is 460 g/mol. The topological polar surface area (TPSA) is 82.0 Å². The number of ether oxygens (including phenoxy) is 1. The van der Waals surface area contributed by atoms with Crippen LogP contribution in [0.25, 0.3) is 0 Å². The van der Waals surface area contributed by atoms with Crippen molar-refractivity contribution in [1.82, 2.24) is 10.2 Å². The summed E-state index contributed by atoms with van der Waals surface area (Å²) in [5.74, 6) is -7.00. The first-order chi connectivity index (χ1) is 15.1. The SMILES string of the molecule is O=C(OCc1ccccc1)N1C[C@@H]2CC(F)(F)[C@H](O)[C@@H]2C1.O[C@@H]1[C@@H]2CNC[C@@H]2CC1(F)F. The highest BCUT2D eigenvalue weighted by atomic mass is 19.3. The average molecular weight is 460 g/mol. The number of alkyl halides is 4. The fourth-order valence-corrected chi connectivity index (χ4v) is 5.34. The summed E-state index contributed by atoms with van der Waals surface area (Å²) >= 11 is 0. The molecule has 4 aliphatic rings. The van der Waals surface area contributed by atoms with Gasteiger partial charge in [0.1, 0.15) is 18.8 Å². The van der Waals surface area contributed by atoms with E-state index in [-0.39, 0.29) is 50.3 Å². The molecule has 0 radical (unpaired) electrons. The number of likely N-dealkylation sites (tertiary alicyclic amines) is 1. The van der Waals surface area contributed by atoms with Crippen LogP contribution in [0.2, 0.25) is 0 Å². The summed E-state index contributed by atoms with van der Waals surface area (Å²) < 4.78 is 57.5. The third-order valence-corrected chi connectivity index (χ3v) is 7.09. The van der Waals surface area contributed by atoms with Crippen LogP contribution in [0.1, 0.15) is 18.4 Å². The Morgan fingerprint density at radius 3 is 2.22 bits per heavy atom. The zero-order valence-electron chi connectivity index (χ0n) is 17.5. The third kappa shape index (κ3) is 4.58. The largest absolute Gasteiger partial charge is 0.445 e. The van der Waals surface area contributed by atoms with Gasteiger partial charge in [0.05, 0.1) is 0 Å². The van der Waals surface area contributed by atoms with Crippen molar-refractivity contribution < 1.29 is 37.3 Å². The van der Waals surface area contributed by atoms with E-state index in [1.54, 1.807) is 0 Å². The number of nitrogens with one attached hydrogen (secondary N) is 1. The van der Waals surface area contributed by atoms with E-state index in [9.17, 15) is 27.5 Å². The van der Waals surface area contributed by atoms with Crippen LogP contribution in [0, 0.1) is 23.7 Å². The van der Waals surface area contributed by atoms with Crippen LogP contribution in [0.4, 0.5) is 22.4 Å². The van der Waals surface area contributed by atoms with Crippen molar-refractivity contribution in [3.8, 4) is 0 Å². The molecule has 32 heavy (non-hydrogen) atoms. The first kappa shape index (κ1) is 23.3. The number of aliphatic hydroxyl groups excluding tert-OH is 2. The molecule has 5 rings (SSSR count). The maximum absolute atomic E-state index is 13.4. The lowest BCUT2D eigenvalue weighted by Gasteiger charge is -2.21. The van der Waals surface area contributed by atoms with Crippen molar-refractivity contribution in [3.05, 3.63) is 35.9 Å². The molecule has 2 aliphatic carbocycles. The van der Waals surface area contributed by atoms with Gasteiger partial charge in [-0.25, -0.2) is 22.4 Å². The number of halogens is 4. The first-order valence-electron chi connectivity index (χ1n) is 10.9. The minimum atomic E-state index is -3.03. The van der Waals surface area contributed by atoms with Crippen molar-refractivity contribution in [2.75, 3.05) is 26.2 Å². The normalized spacial score (nSPS) is 36.2. The Labute approximate surface area is 183 Å². The van der Waals surface area contributed by atoms with Gasteiger partial charge in [-0.15, -0.1) is 0 Å². The van der Waals surface area contributed by atoms with Crippen LogP contribution < -0.4 is 5.32 Å². The lowest BCUT2D eigenvalue weighted by molar-refractivity contribution is -0.100. The average Bonchev–Trinajstić information content (AvgIpc) is 3.46. The molecule has 6 atom stereocenters. The van der Waals surface area contributed by atoms with Crippen LogP contribution in [0.3, 0.4) is 0 Å². The number of carbonyl (C=O) groups is 1. The van der Waals surface area contributed by atoms with Gasteiger partial charge in [-0.3, -0.25) is 0 Å². The molecule has 2 heterocycles. The van der Waals surface area contributed by atoms with E-state index in [1.807, 2.05) is 30.3 Å². The van der Waals surface area contributed by atoms with Crippen LogP contribution in [-0.2, 0) is 11.3 Å². The lowest BCUT2D eigenvalue weighted by Crippen LogP contribution is -2.37. The summed E-state index contributed by atoms with van der Waals surface area (Å²) in [7, 11) is 0. The van der Waals surface area contributed by atoms with Gasteiger partial charge in [0.25, 0.3) is 11.8 Å². The molecule has 2 saturated carbocycles. The van der Waals surface area contributed by atoms with Gasteiger partial charge < -0.3 is 25.2 Å². The maximum atomic E-state index is 13.4. The summed E-state index contributed by atoms with van der Waals surface area (Å²) in [6.45, 7) is 1.70. The molecular weight excluding hydrogens is 432 g/mol. The number of hydrogen-bond donors (Lipinski definition) is 3. The van der Waals surface area contributed by atoms with Crippen LogP contribution in [-0.4, -0.2) is 71.4 Å². The smallest absolute Gasteiger partial charge is 0.410 e. The number of carbonyl (C=O) groups excluding carboxylic acids is 1. The third-order valence-electron chi connectivity index (χ3n) is 7.09. The number of benzene rings is 1. The van der Waals surface area contributed by atoms with E-state index < -0.39 is 36.1 Å². The summed E-state index contributed by atoms with van der Waals surface area (Å²) in [5, 5.41) is 21.7. The van der Waals surface area contributed by atoms with E-state index in [1.165, 1.54) is 4.90 Å². The maximum Gasteiger partial charge on any atom is 0.410 e. The second-order valence-corrected chi connectivity index (χ2v) is 9.27. The van der Waals surface area contributed by atoms with Gasteiger partial charge >= 0.3 is 6.09 Å². The number of aliphatic hydroxyl groups is 2. The standard InChI is InChI=1S/C15H17F2NO3.C7H11F2NO/c16-15(17)6-11-7-18(8-12(11)13(15)19)14(20)21-9-10-4-2-1-3-5-10;8-7(9)1-4-2-10-3-5(4)6(7)11/h1-5,11-13,19H,6-9H2;4-6,10-11H,1-3H2/t11-,12+,13+;4-,5+,6+/m00/s1. The molecule has 1 amide bonds. The van der Waals surface area contributed by atoms with Gasteiger partial charge in [0.15, 0.2) is 0 Å². The number of fused-ring (bicyclic) bond motifs is 2. The molecule has 0 bridgehead atoms. The number of amides is 1. The Balaban J connectivity index is 0.000000186. The Morgan fingerprint density at radius 1 is 0.969 bits per heavy atom. The van der Waals surface area contributed by atoms with Gasteiger partial charge in [-0.05, 0) is 23.9 Å². The molecule has 1 aromatic rings.